The number of carbonyl (C=O) groups is 1. The summed E-state index contributed by atoms with van der Waals surface area (Å²) in [4.78, 5) is 10.4. The number of aliphatic hydroxyl groups excluding tert-OH is 2. The second-order valence-electron chi connectivity index (χ2n) is 3.11. The van der Waals surface area contributed by atoms with Crippen LogP contribution in [0.15, 0.2) is 24.3 Å². The van der Waals surface area contributed by atoms with Gasteiger partial charge in [0, 0.05) is 18.1 Å². The second kappa shape index (κ2) is 6.34. The number of hydrogen-bond acceptors (Lipinski definition) is 3. The van der Waals surface area contributed by atoms with E-state index in [-0.39, 0.29) is 18.1 Å². The maximum absolute atomic E-state index is 10.4. The monoisotopic (exact) mass is 200 g/mol. The molecule has 0 aliphatic rings. The van der Waals surface area contributed by atoms with E-state index in [1.54, 1.807) is 6.08 Å². The molecule has 0 radical (unpaired) electrons. The van der Waals surface area contributed by atoms with Gasteiger partial charge in [0.2, 0.25) is 0 Å². The van der Waals surface area contributed by atoms with Gasteiger partial charge in [-0.1, -0.05) is 6.08 Å². The second-order valence-corrected chi connectivity index (χ2v) is 3.11. The van der Waals surface area contributed by atoms with Gasteiger partial charge in [0.15, 0.2) is 0 Å². The van der Waals surface area contributed by atoms with Gasteiger partial charge >= 0.3 is 5.97 Å². The summed E-state index contributed by atoms with van der Waals surface area (Å²) in [6.45, 7) is 4.68. The van der Waals surface area contributed by atoms with Crippen LogP contribution in [0, 0.1) is 5.92 Å². The van der Waals surface area contributed by atoms with E-state index >= 15 is 0 Å². The summed E-state index contributed by atoms with van der Waals surface area (Å²) in [6.07, 6.45) is 2.30. The van der Waals surface area contributed by atoms with E-state index in [1.807, 2.05) is 0 Å². The normalized spacial score (nSPS) is 16.1. The van der Waals surface area contributed by atoms with Gasteiger partial charge in [-0.3, -0.25) is 0 Å². The molecule has 0 amide bonds. The summed E-state index contributed by atoms with van der Waals surface area (Å²) in [5, 5.41) is 27.0. The Bertz CT molecular complexity index is 232. The Labute approximate surface area is 83.2 Å². The zero-order valence-electron chi connectivity index (χ0n) is 8.18. The zero-order valence-corrected chi connectivity index (χ0v) is 8.18. The highest BCUT2D eigenvalue weighted by atomic mass is 16.4. The van der Waals surface area contributed by atoms with Crippen LogP contribution in [0.2, 0.25) is 0 Å². The van der Waals surface area contributed by atoms with Crippen molar-refractivity contribution in [2.75, 3.05) is 6.61 Å². The lowest BCUT2D eigenvalue weighted by Gasteiger charge is -2.16. The number of carboxylic acid groups (broad SMARTS) is 1. The van der Waals surface area contributed by atoms with E-state index in [0.717, 1.165) is 0 Å². The maximum Gasteiger partial charge on any atom is 0.331 e. The molecule has 0 rings (SSSR count). The van der Waals surface area contributed by atoms with Gasteiger partial charge in [-0.25, -0.2) is 4.79 Å². The maximum atomic E-state index is 10.4. The first-order chi connectivity index (χ1) is 6.52. The highest BCUT2D eigenvalue weighted by Gasteiger charge is 2.15. The van der Waals surface area contributed by atoms with Crippen molar-refractivity contribution in [2.24, 2.45) is 5.92 Å². The van der Waals surface area contributed by atoms with Gasteiger partial charge in [-0.2, -0.15) is 0 Å². The van der Waals surface area contributed by atoms with Crippen LogP contribution >= 0.6 is 0 Å². The summed E-state index contributed by atoms with van der Waals surface area (Å²) in [7, 11) is 0. The average molecular weight is 200 g/mol. The smallest absolute Gasteiger partial charge is 0.331 e. The SMILES string of the molecule is C=CCC(CO)C(O)C=C(C)C(=O)O. The number of rotatable bonds is 6. The van der Waals surface area contributed by atoms with Crippen molar-refractivity contribution >= 4 is 5.97 Å². The number of aliphatic hydroxyl groups is 2. The van der Waals surface area contributed by atoms with Gasteiger partial charge in [0.25, 0.3) is 0 Å². The molecule has 3 N–H and O–H groups in total. The quantitative estimate of drug-likeness (QED) is 0.432. The molecule has 0 aliphatic heterocycles. The van der Waals surface area contributed by atoms with Crippen LogP contribution in [0.5, 0.6) is 0 Å². The topological polar surface area (TPSA) is 77.8 Å². The molecule has 0 spiro atoms. The van der Waals surface area contributed by atoms with Gasteiger partial charge in [0.05, 0.1) is 6.10 Å². The van der Waals surface area contributed by atoms with Gasteiger partial charge in [-0.15, -0.1) is 6.58 Å². The first kappa shape index (κ1) is 12.9. The largest absolute Gasteiger partial charge is 0.478 e. The first-order valence-corrected chi connectivity index (χ1v) is 4.34. The number of allylic oxidation sites excluding steroid dienone is 1. The molecule has 0 aromatic rings. The third kappa shape index (κ3) is 4.20. The van der Waals surface area contributed by atoms with Crippen LogP contribution < -0.4 is 0 Å². The molecular formula is C10H16O4. The fourth-order valence-electron chi connectivity index (χ4n) is 1.000. The molecule has 2 unspecified atom stereocenters. The predicted molar refractivity (Wildman–Crippen MR) is 52.8 cm³/mol. The molecule has 0 bridgehead atoms. The minimum Gasteiger partial charge on any atom is -0.478 e. The van der Waals surface area contributed by atoms with E-state index < -0.39 is 12.1 Å². The van der Waals surface area contributed by atoms with Crippen molar-refractivity contribution in [3.05, 3.63) is 24.3 Å². The minimum absolute atomic E-state index is 0.0695. The molecule has 0 aliphatic carbocycles. The lowest BCUT2D eigenvalue weighted by atomic mass is 9.98. The Morgan fingerprint density at radius 2 is 2.14 bits per heavy atom. The molecular weight excluding hydrogens is 184 g/mol. The van der Waals surface area contributed by atoms with Crippen LogP contribution in [0.1, 0.15) is 13.3 Å². The first-order valence-electron chi connectivity index (χ1n) is 4.34. The van der Waals surface area contributed by atoms with Crippen LogP contribution in [0.25, 0.3) is 0 Å². The number of hydrogen-bond donors (Lipinski definition) is 3. The summed E-state index contributed by atoms with van der Waals surface area (Å²) in [5.74, 6) is -1.46. The van der Waals surface area contributed by atoms with E-state index in [0.29, 0.717) is 6.42 Å². The minimum atomic E-state index is -1.07. The van der Waals surface area contributed by atoms with Crippen molar-refractivity contribution in [1.82, 2.24) is 0 Å². The van der Waals surface area contributed by atoms with E-state index in [9.17, 15) is 9.90 Å². The van der Waals surface area contributed by atoms with Crippen molar-refractivity contribution in [3.63, 3.8) is 0 Å². The molecule has 80 valence electrons. The Morgan fingerprint density at radius 3 is 2.50 bits per heavy atom. The van der Waals surface area contributed by atoms with Crippen LogP contribution in [0.4, 0.5) is 0 Å². The molecule has 0 aromatic heterocycles. The Balaban J connectivity index is 4.42. The van der Waals surface area contributed by atoms with Crippen molar-refractivity contribution in [2.45, 2.75) is 19.4 Å². The average Bonchev–Trinajstić information content (AvgIpc) is 2.13. The lowest BCUT2D eigenvalue weighted by molar-refractivity contribution is -0.132. The molecule has 0 fully saturated rings. The summed E-state index contributed by atoms with van der Waals surface area (Å²) in [5.41, 5.74) is 0.0695. The summed E-state index contributed by atoms with van der Waals surface area (Å²) in [6, 6.07) is 0. The van der Waals surface area contributed by atoms with Gasteiger partial charge < -0.3 is 15.3 Å². The van der Waals surface area contributed by atoms with Crippen molar-refractivity contribution in [3.8, 4) is 0 Å². The summed E-state index contributed by atoms with van der Waals surface area (Å²) >= 11 is 0. The molecule has 4 heteroatoms. The highest BCUT2D eigenvalue weighted by molar-refractivity contribution is 5.85. The third-order valence-corrected chi connectivity index (χ3v) is 1.95. The van der Waals surface area contributed by atoms with Crippen LogP contribution in [-0.2, 0) is 4.79 Å². The Hall–Kier alpha value is -1.13. The van der Waals surface area contributed by atoms with Gasteiger partial charge in [-0.05, 0) is 19.4 Å². The van der Waals surface area contributed by atoms with Crippen molar-refractivity contribution < 1.29 is 20.1 Å². The third-order valence-electron chi connectivity index (χ3n) is 1.95. The molecule has 4 nitrogen and oxygen atoms in total. The lowest BCUT2D eigenvalue weighted by Crippen LogP contribution is -2.22. The zero-order chi connectivity index (χ0) is 11.1. The molecule has 0 heterocycles. The van der Waals surface area contributed by atoms with Gasteiger partial charge in [0.1, 0.15) is 0 Å². The van der Waals surface area contributed by atoms with Crippen molar-refractivity contribution in [1.29, 1.82) is 0 Å². The van der Waals surface area contributed by atoms with E-state index in [1.165, 1.54) is 13.0 Å². The van der Waals surface area contributed by atoms with E-state index in [4.69, 9.17) is 10.2 Å². The molecule has 0 saturated carbocycles. The standard InChI is InChI=1S/C10H16O4/c1-3-4-8(6-11)9(12)5-7(2)10(13)14/h3,5,8-9,11-12H,1,4,6H2,2H3,(H,13,14). The predicted octanol–water partition coefficient (Wildman–Crippen LogP) is 0.563. The molecule has 0 aromatic carbocycles. The Kier molecular flexibility index (Phi) is 5.83. The number of aliphatic carboxylic acids is 1. The summed E-state index contributed by atoms with van der Waals surface area (Å²) < 4.78 is 0. The number of carboxylic acids is 1. The molecule has 14 heavy (non-hydrogen) atoms. The van der Waals surface area contributed by atoms with Crippen LogP contribution in [0.3, 0.4) is 0 Å². The molecule has 2 atom stereocenters. The van der Waals surface area contributed by atoms with Crippen LogP contribution in [-0.4, -0.2) is 34.0 Å². The van der Waals surface area contributed by atoms with E-state index in [2.05, 4.69) is 6.58 Å². The molecule has 0 saturated heterocycles. The fraction of sp³-hybridized carbons (Fsp3) is 0.500. The fourth-order valence-corrected chi connectivity index (χ4v) is 1.000. The highest BCUT2D eigenvalue weighted by Crippen LogP contribution is 2.12. The Morgan fingerprint density at radius 1 is 1.57 bits per heavy atom.